The number of rotatable bonds is 2. The first kappa shape index (κ1) is 10.4. The van der Waals surface area contributed by atoms with E-state index in [1.165, 1.54) is 5.41 Å². The van der Waals surface area contributed by atoms with Gasteiger partial charge < -0.3 is 10.4 Å². The van der Waals surface area contributed by atoms with Crippen LogP contribution in [0.5, 0.6) is 5.75 Å². The molecule has 0 bridgehead atoms. The first-order valence-corrected chi connectivity index (χ1v) is 6.33. The Kier molecular flexibility index (Phi) is 2.60. The Morgan fingerprint density at radius 1 is 1.27 bits per heavy atom. The largest absolute Gasteiger partial charge is 0.506 e. The van der Waals surface area contributed by atoms with Gasteiger partial charge in [0.25, 0.3) is 0 Å². The molecule has 15 heavy (non-hydrogen) atoms. The highest BCUT2D eigenvalue weighted by Crippen LogP contribution is 2.45. The highest BCUT2D eigenvalue weighted by atomic mass is 32.3. The second kappa shape index (κ2) is 3.77. The smallest absolute Gasteiger partial charge is 0.138 e. The van der Waals surface area contributed by atoms with Crippen LogP contribution in [0.1, 0.15) is 0 Å². The molecular formula is C10H13NO3S. The number of anilines is 1. The van der Waals surface area contributed by atoms with Crippen LogP contribution in [-0.2, 0) is 0 Å². The molecule has 1 atom stereocenters. The second-order valence-electron chi connectivity index (χ2n) is 3.48. The van der Waals surface area contributed by atoms with Crippen LogP contribution >= 0.6 is 10.6 Å². The lowest BCUT2D eigenvalue weighted by molar-refractivity contribution is 0.476. The Morgan fingerprint density at radius 2 is 2.00 bits per heavy atom. The van der Waals surface area contributed by atoms with Gasteiger partial charge in [0.2, 0.25) is 0 Å². The van der Waals surface area contributed by atoms with E-state index < -0.39 is 10.6 Å². The van der Waals surface area contributed by atoms with Gasteiger partial charge in [0.05, 0.1) is 17.5 Å². The van der Waals surface area contributed by atoms with Crippen molar-refractivity contribution < 1.29 is 14.2 Å². The minimum absolute atomic E-state index is 0.136. The topological polar surface area (TPSA) is 72.7 Å². The first-order chi connectivity index (χ1) is 7.07. The van der Waals surface area contributed by atoms with Gasteiger partial charge in [-0.2, -0.15) is 10.6 Å². The maximum Gasteiger partial charge on any atom is 0.138 e. The average Bonchev–Trinajstić information content (AvgIpc) is 2.50. The monoisotopic (exact) mass is 227 g/mol. The molecule has 0 saturated carbocycles. The summed E-state index contributed by atoms with van der Waals surface area (Å²) in [5.74, 6) is 0.427. The Hall–Kier alpha value is -1.17. The fraction of sp³-hybridized carbons (Fsp3) is 0.200. The van der Waals surface area contributed by atoms with Gasteiger partial charge in [-0.1, -0.05) is 12.1 Å². The zero-order valence-electron chi connectivity index (χ0n) is 8.00. The molecule has 1 aliphatic heterocycles. The maximum absolute atomic E-state index is 9.50. The number of para-hydroxylation sites is 2. The molecule has 0 aliphatic carbocycles. The molecule has 5 heteroatoms. The summed E-state index contributed by atoms with van der Waals surface area (Å²) in [7, 11) is -2.55. The van der Waals surface area contributed by atoms with Gasteiger partial charge in [0.1, 0.15) is 5.75 Å². The lowest BCUT2D eigenvalue weighted by Gasteiger charge is -2.25. The summed E-state index contributed by atoms with van der Waals surface area (Å²) in [6.07, 6.45) is 1.71. The van der Waals surface area contributed by atoms with E-state index in [-0.39, 0.29) is 17.5 Å². The van der Waals surface area contributed by atoms with E-state index in [0.717, 1.165) is 0 Å². The maximum atomic E-state index is 9.50. The zero-order chi connectivity index (χ0) is 10.9. The van der Waals surface area contributed by atoms with E-state index in [2.05, 4.69) is 5.32 Å². The summed E-state index contributed by atoms with van der Waals surface area (Å²) < 4.78 is 18.7. The molecule has 0 spiro atoms. The van der Waals surface area contributed by atoms with E-state index in [1.54, 1.807) is 30.3 Å². The third-order valence-electron chi connectivity index (χ3n) is 2.20. The Balaban J connectivity index is 2.06. The number of aromatic hydroxyl groups is 1. The van der Waals surface area contributed by atoms with Crippen LogP contribution in [0, 0.1) is 0 Å². The van der Waals surface area contributed by atoms with Gasteiger partial charge in [0.15, 0.2) is 0 Å². The van der Waals surface area contributed by atoms with E-state index in [4.69, 9.17) is 0 Å². The van der Waals surface area contributed by atoms with E-state index in [0.29, 0.717) is 5.69 Å². The SMILES string of the molecule is Oc1ccccc1NC1C=CS(O)(O)C1. The van der Waals surface area contributed by atoms with Crippen molar-refractivity contribution in [2.24, 2.45) is 0 Å². The molecule has 0 aromatic heterocycles. The molecular weight excluding hydrogens is 214 g/mol. The Morgan fingerprint density at radius 3 is 2.60 bits per heavy atom. The van der Waals surface area contributed by atoms with Crippen molar-refractivity contribution >= 4 is 16.3 Å². The van der Waals surface area contributed by atoms with Gasteiger partial charge >= 0.3 is 0 Å². The summed E-state index contributed by atoms with van der Waals surface area (Å²) in [6, 6.07) is 6.73. The van der Waals surface area contributed by atoms with Gasteiger partial charge in [-0.3, -0.25) is 9.11 Å². The fourth-order valence-electron chi connectivity index (χ4n) is 1.48. The lowest BCUT2D eigenvalue weighted by Crippen LogP contribution is -2.19. The summed E-state index contributed by atoms with van der Waals surface area (Å²) in [4.78, 5) is 0. The highest BCUT2D eigenvalue weighted by molar-refractivity contribution is 8.27. The number of phenols is 1. The van der Waals surface area contributed by atoms with Crippen molar-refractivity contribution in [3.63, 3.8) is 0 Å². The van der Waals surface area contributed by atoms with E-state index in [1.807, 2.05) is 0 Å². The third kappa shape index (κ3) is 2.44. The summed E-state index contributed by atoms with van der Waals surface area (Å²) in [5, 5.41) is 13.9. The third-order valence-corrected chi connectivity index (χ3v) is 3.64. The second-order valence-corrected chi connectivity index (χ2v) is 5.52. The van der Waals surface area contributed by atoms with Crippen LogP contribution in [0.3, 0.4) is 0 Å². The molecule has 0 amide bonds. The highest BCUT2D eigenvalue weighted by Gasteiger charge is 2.22. The van der Waals surface area contributed by atoms with E-state index >= 15 is 0 Å². The van der Waals surface area contributed by atoms with Crippen molar-refractivity contribution in [3.8, 4) is 5.75 Å². The number of hydrogen-bond acceptors (Lipinski definition) is 4. The molecule has 0 saturated heterocycles. The van der Waals surface area contributed by atoms with Crippen LogP contribution in [0.2, 0.25) is 0 Å². The number of phenolic OH excluding ortho intramolecular Hbond substituents is 1. The Labute approximate surface area is 89.6 Å². The standard InChI is InChI=1S/C10H13NO3S/c12-10-4-2-1-3-9(10)11-8-5-6-15(13,14)7-8/h1-6,8,11-14H,7H2. The molecule has 1 aliphatic rings. The molecule has 4 N–H and O–H groups in total. The molecule has 1 aromatic carbocycles. The predicted octanol–water partition coefficient (Wildman–Crippen LogP) is 2.45. The van der Waals surface area contributed by atoms with Crippen LogP contribution in [0.15, 0.2) is 35.7 Å². The van der Waals surface area contributed by atoms with Crippen molar-refractivity contribution in [3.05, 3.63) is 35.7 Å². The van der Waals surface area contributed by atoms with Crippen LogP contribution in [0.4, 0.5) is 5.69 Å². The minimum Gasteiger partial charge on any atom is -0.506 e. The number of nitrogens with one attached hydrogen (secondary N) is 1. The van der Waals surface area contributed by atoms with Crippen molar-refractivity contribution in [1.29, 1.82) is 0 Å². The molecule has 82 valence electrons. The number of benzene rings is 1. The summed E-state index contributed by atoms with van der Waals surface area (Å²) in [6.45, 7) is 0. The van der Waals surface area contributed by atoms with Crippen LogP contribution < -0.4 is 5.32 Å². The molecule has 1 unspecified atom stereocenters. The normalized spacial score (nSPS) is 25.1. The predicted molar refractivity (Wildman–Crippen MR) is 62.4 cm³/mol. The molecule has 1 heterocycles. The van der Waals surface area contributed by atoms with Gasteiger partial charge in [-0.25, -0.2) is 0 Å². The van der Waals surface area contributed by atoms with Gasteiger partial charge in [0, 0.05) is 5.41 Å². The van der Waals surface area contributed by atoms with Gasteiger partial charge in [-0.05, 0) is 18.2 Å². The average molecular weight is 227 g/mol. The van der Waals surface area contributed by atoms with Crippen LogP contribution in [0.25, 0.3) is 0 Å². The summed E-state index contributed by atoms with van der Waals surface area (Å²) >= 11 is 0. The van der Waals surface area contributed by atoms with E-state index in [9.17, 15) is 14.2 Å². The lowest BCUT2D eigenvalue weighted by atomic mass is 10.2. The zero-order valence-corrected chi connectivity index (χ0v) is 8.81. The van der Waals surface area contributed by atoms with Crippen LogP contribution in [-0.4, -0.2) is 26.0 Å². The quantitative estimate of drug-likeness (QED) is 0.586. The molecule has 1 aromatic rings. The minimum atomic E-state index is -2.55. The fourth-order valence-corrected chi connectivity index (χ4v) is 2.76. The molecule has 2 rings (SSSR count). The van der Waals surface area contributed by atoms with Crippen molar-refractivity contribution in [1.82, 2.24) is 0 Å². The van der Waals surface area contributed by atoms with Crippen molar-refractivity contribution in [2.45, 2.75) is 6.04 Å². The van der Waals surface area contributed by atoms with Crippen molar-refractivity contribution in [2.75, 3.05) is 11.1 Å². The molecule has 0 fully saturated rings. The molecule has 4 nitrogen and oxygen atoms in total. The van der Waals surface area contributed by atoms with Gasteiger partial charge in [-0.15, -0.1) is 0 Å². The molecule has 0 radical (unpaired) electrons. The Bertz CT molecular complexity index is 392. The summed E-state index contributed by atoms with van der Waals surface area (Å²) in [5.41, 5.74) is 0.601. The number of hydrogen-bond donors (Lipinski definition) is 4. The first-order valence-electron chi connectivity index (χ1n) is 4.55.